The third-order valence-corrected chi connectivity index (χ3v) is 6.57. The molecule has 32 heavy (non-hydrogen) atoms. The molecule has 1 heterocycles. The summed E-state index contributed by atoms with van der Waals surface area (Å²) in [4.78, 5) is 0. The van der Waals surface area contributed by atoms with Crippen LogP contribution in [0.25, 0.3) is 0 Å². The van der Waals surface area contributed by atoms with Gasteiger partial charge in [-0.05, 0) is 6.42 Å². The molecule has 0 amide bonds. The molecule has 0 aliphatic carbocycles. The molecule has 10 heteroatoms. The van der Waals surface area contributed by atoms with E-state index in [2.05, 4.69) is 6.92 Å². The van der Waals surface area contributed by atoms with Crippen molar-refractivity contribution in [1.82, 2.24) is 0 Å². The summed E-state index contributed by atoms with van der Waals surface area (Å²) in [7, 11) is -4.41. The van der Waals surface area contributed by atoms with Gasteiger partial charge in [0.1, 0.15) is 30.2 Å². The second-order valence-electron chi connectivity index (χ2n) is 8.73. The van der Waals surface area contributed by atoms with Crippen molar-refractivity contribution in [1.29, 1.82) is 0 Å². The summed E-state index contributed by atoms with van der Waals surface area (Å²) in [5.74, 6) is -0.878. The van der Waals surface area contributed by atoms with Gasteiger partial charge < -0.3 is 24.8 Å². The van der Waals surface area contributed by atoms with Crippen molar-refractivity contribution in [3.05, 3.63) is 0 Å². The van der Waals surface area contributed by atoms with Crippen LogP contribution in [0.1, 0.15) is 96.8 Å². The fraction of sp³-hybridized carbons (Fsp3) is 1.00. The quantitative estimate of drug-likeness (QED) is 0.131. The zero-order valence-corrected chi connectivity index (χ0v) is 22.8. The van der Waals surface area contributed by atoms with E-state index >= 15 is 0 Å². The zero-order chi connectivity index (χ0) is 23.1. The third kappa shape index (κ3) is 14.9. The molecule has 0 saturated carbocycles. The number of rotatable bonds is 18. The number of aliphatic hydroxyl groups excluding tert-OH is 3. The van der Waals surface area contributed by atoms with E-state index in [1.807, 2.05) is 0 Å². The summed E-state index contributed by atoms with van der Waals surface area (Å²) in [5.41, 5.74) is 0. The minimum absolute atomic E-state index is 0. The maximum absolute atomic E-state index is 11.0. The molecule has 1 saturated heterocycles. The van der Waals surface area contributed by atoms with Crippen LogP contribution in [-0.4, -0.2) is 101 Å². The molecule has 0 aromatic carbocycles. The fourth-order valence-electron chi connectivity index (χ4n) is 3.90. The van der Waals surface area contributed by atoms with Gasteiger partial charge in [0.15, 0.2) is 6.29 Å². The summed E-state index contributed by atoms with van der Waals surface area (Å²) in [6.45, 7) is 2.53. The summed E-state index contributed by atoms with van der Waals surface area (Å²) in [5, 5.41) is 29.7. The fourth-order valence-corrected chi connectivity index (χ4v) is 4.59. The number of unbranched alkanes of at least 4 members (excludes halogenated alkanes) is 13. The maximum Gasteiger partial charge on any atom is 0.267 e. The van der Waals surface area contributed by atoms with Gasteiger partial charge >= 0.3 is 0 Å². The van der Waals surface area contributed by atoms with Crippen LogP contribution in [0, 0.1) is 0 Å². The Morgan fingerprint density at radius 2 is 1.16 bits per heavy atom. The molecule has 0 spiro atoms. The molecular formula is C22H44NaO8S. The van der Waals surface area contributed by atoms with Gasteiger partial charge in [-0.2, -0.15) is 8.42 Å². The molecule has 0 bridgehead atoms. The predicted molar refractivity (Wildman–Crippen MR) is 125 cm³/mol. The van der Waals surface area contributed by atoms with Gasteiger partial charge in [0.2, 0.25) is 0 Å². The molecule has 5 unspecified atom stereocenters. The monoisotopic (exact) mass is 491 g/mol. The van der Waals surface area contributed by atoms with E-state index < -0.39 is 46.6 Å². The van der Waals surface area contributed by atoms with Crippen LogP contribution in [0.2, 0.25) is 0 Å². The van der Waals surface area contributed by atoms with Crippen molar-refractivity contribution in [2.75, 3.05) is 12.4 Å². The average molecular weight is 492 g/mol. The van der Waals surface area contributed by atoms with Crippen LogP contribution in [0.3, 0.4) is 0 Å². The molecule has 1 radical (unpaired) electrons. The molecule has 5 atom stereocenters. The SMILES string of the molecule is CCCCCCCCCCCCCCCCOC1OC(CS(=O)(=O)O)C(O)C(O)C1O.[Na]. The summed E-state index contributed by atoms with van der Waals surface area (Å²) >= 11 is 0. The van der Waals surface area contributed by atoms with Gasteiger partial charge in [-0.15, -0.1) is 0 Å². The van der Waals surface area contributed by atoms with Crippen LogP contribution in [0.5, 0.6) is 0 Å². The smallest absolute Gasteiger partial charge is 0.267 e. The van der Waals surface area contributed by atoms with Gasteiger partial charge in [0.05, 0.1) is 0 Å². The Bertz CT molecular complexity index is 548. The molecule has 1 aliphatic rings. The van der Waals surface area contributed by atoms with Crippen molar-refractivity contribution < 1.29 is 37.8 Å². The van der Waals surface area contributed by atoms with E-state index in [0.29, 0.717) is 6.61 Å². The largest absolute Gasteiger partial charge is 0.388 e. The first-order valence-electron chi connectivity index (χ1n) is 12.0. The zero-order valence-electron chi connectivity index (χ0n) is 20.0. The van der Waals surface area contributed by atoms with E-state index in [9.17, 15) is 23.7 Å². The second-order valence-corrected chi connectivity index (χ2v) is 10.2. The second kappa shape index (κ2) is 19.0. The van der Waals surface area contributed by atoms with Gasteiger partial charge in [-0.3, -0.25) is 4.55 Å². The third-order valence-electron chi connectivity index (χ3n) is 5.82. The standard InChI is InChI=1S/C22H44O8S.Na/c1-2-3-4-5-6-7-8-9-10-11-12-13-14-15-16-29-22-21(25)20(24)19(23)18(30-22)17-31(26,27)28;/h18-25H,2-17H2,1H3,(H,26,27,28);. The van der Waals surface area contributed by atoms with E-state index in [0.717, 1.165) is 19.3 Å². The van der Waals surface area contributed by atoms with Crippen molar-refractivity contribution >= 4 is 39.7 Å². The van der Waals surface area contributed by atoms with E-state index in [-0.39, 0.29) is 29.6 Å². The molecular weight excluding hydrogens is 447 g/mol. The number of hydrogen-bond donors (Lipinski definition) is 4. The van der Waals surface area contributed by atoms with E-state index in [1.165, 1.54) is 70.6 Å². The Hall–Kier alpha value is 0.710. The van der Waals surface area contributed by atoms with E-state index in [1.54, 1.807) is 0 Å². The molecule has 0 aromatic heterocycles. The molecule has 1 rings (SSSR count). The van der Waals surface area contributed by atoms with Crippen molar-refractivity contribution in [3.8, 4) is 0 Å². The molecule has 187 valence electrons. The first kappa shape index (κ1) is 32.7. The number of aliphatic hydroxyl groups is 3. The Balaban J connectivity index is 0.00000961. The average Bonchev–Trinajstić information content (AvgIpc) is 2.71. The normalized spacial score (nSPS) is 26.1. The topological polar surface area (TPSA) is 134 Å². The predicted octanol–water partition coefficient (Wildman–Crippen LogP) is 2.80. The van der Waals surface area contributed by atoms with Crippen LogP contribution < -0.4 is 0 Å². The number of hydrogen-bond acceptors (Lipinski definition) is 7. The van der Waals surface area contributed by atoms with Gasteiger partial charge in [-0.25, -0.2) is 0 Å². The van der Waals surface area contributed by atoms with E-state index in [4.69, 9.17) is 14.0 Å². The summed E-state index contributed by atoms with van der Waals surface area (Å²) < 4.78 is 41.7. The first-order chi connectivity index (χ1) is 14.8. The van der Waals surface area contributed by atoms with Crippen LogP contribution >= 0.6 is 0 Å². The van der Waals surface area contributed by atoms with Gasteiger partial charge in [-0.1, -0.05) is 90.4 Å². The van der Waals surface area contributed by atoms with Gasteiger partial charge in [0, 0.05) is 36.2 Å². The summed E-state index contributed by atoms with van der Waals surface area (Å²) in [6.07, 6.45) is 9.97. The maximum atomic E-state index is 11.0. The minimum atomic E-state index is -4.41. The number of ether oxygens (including phenoxy) is 2. The van der Waals surface area contributed by atoms with Gasteiger partial charge in [0.25, 0.3) is 10.1 Å². The first-order valence-corrected chi connectivity index (χ1v) is 13.6. The molecule has 0 aromatic rings. The Labute approximate surface area is 216 Å². The van der Waals surface area contributed by atoms with Crippen molar-refractivity contribution in [2.45, 2.75) is 128 Å². The Morgan fingerprint density at radius 3 is 1.59 bits per heavy atom. The summed E-state index contributed by atoms with van der Waals surface area (Å²) in [6, 6.07) is 0. The van der Waals surface area contributed by atoms with Crippen LogP contribution in [0.15, 0.2) is 0 Å². The molecule has 8 nitrogen and oxygen atoms in total. The Kier molecular flexibility index (Phi) is 19.4. The van der Waals surface area contributed by atoms with Crippen molar-refractivity contribution in [3.63, 3.8) is 0 Å². The molecule has 1 aliphatic heterocycles. The molecule has 1 fully saturated rings. The van der Waals surface area contributed by atoms with Crippen LogP contribution in [0.4, 0.5) is 0 Å². The Morgan fingerprint density at radius 1 is 0.719 bits per heavy atom. The minimum Gasteiger partial charge on any atom is -0.388 e. The van der Waals surface area contributed by atoms with Crippen LogP contribution in [-0.2, 0) is 19.6 Å². The molecule has 4 N–H and O–H groups in total. The van der Waals surface area contributed by atoms with Crippen molar-refractivity contribution in [2.24, 2.45) is 0 Å².